The van der Waals surface area contributed by atoms with Crippen molar-refractivity contribution < 1.29 is 14.3 Å². The molecule has 2 aromatic carbocycles. The lowest BCUT2D eigenvalue weighted by atomic mass is 10.1. The molecule has 0 aliphatic carbocycles. The fourth-order valence-corrected chi connectivity index (χ4v) is 2.97. The van der Waals surface area contributed by atoms with E-state index in [4.69, 9.17) is 26.8 Å². The molecule has 132 valence electrons. The van der Waals surface area contributed by atoms with Gasteiger partial charge < -0.3 is 15.2 Å². The van der Waals surface area contributed by atoms with Crippen LogP contribution in [0.15, 0.2) is 52.6 Å². The summed E-state index contributed by atoms with van der Waals surface area (Å²) in [6.45, 7) is 0.979. The second kappa shape index (κ2) is 6.59. The first-order chi connectivity index (χ1) is 12.7. The molecule has 9 heteroatoms. The predicted octanol–water partition coefficient (Wildman–Crippen LogP) is 2.41. The Kier molecular flexibility index (Phi) is 4.12. The number of guanidine groups is 1. The Labute approximate surface area is 154 Å². The molecule has 1 atom stereocenters. The quantitative estimate of drug-likeness (QED) is 0.658. The summed E-state index contributed by atoms with van der Waals surface area (Å²) in [7, 11) is 0. The minimum Gasteiger partial charge on any atom is -0.486 e. The van der Waals surface area contributed by atoms with Gasteiger partial charge in [0.25, 0.3) is 6.08 Å². The molecule has 2 N–H and O–H groups in total. The first-order valence-corrected chi connectivity index (χ1v) is 8.20. The van der Waals surface area contributed by atoms with Crippen LogP contribution in [0.4, 0.5) is 5.69 Å². The van der Waals surface area contributed by atoms with Crippen LogP contribution in [-0.4, -0.2) is 30.4 Å². The van der Waals surface area contributed by atoms with Gasteiger partial charge in [0.05, 0.1) is 5.69 Å². The van der Waals surface area contributed by atoms with Crippen molar-refractivity contribution in [3.05, 3.63) is 53.1 Å². The Morgan fingerprint density at radius 1 is 1.15 bits per heavy atom. The number of aliphatic imine (C=N–C) groups is 1. The molecule has 26 heavy (non-hydrogen) atoms. The number of hydrogen-bond donors (Lipinski definition) is 1. The highest BCUT2D eigenvalue weighted by Gasteiger charge is 2.35. The van der Waals surface area contributed by atoms with E-state index in [0.29, 0.717) is 35.4 Å². The molecule has 1 unspecified atom stereocenters. The van der Waals surface area contributed by atoms with Crippen LogP contribution in [0.3, 0.4) is 0 Å². The Morgan fingerprint density at radius 2 is 1.88 bits per heavy atom. The van der Waals surface area contributed by atoms with Gasteiger partial charge >= 0.3 is 0 Å². The van der Waals surface area contributed by atoms with Crippen LogP contribution >= 0.6 is 11.6 Å². The van der Waals surface area contributed by atoms with E-state index in [1.165, 1.54) is 10.1 Å². The largest absolute Gasteiger partial charge is 0.486 e. The summed E-state index contributed by atoms with van der Waals surface area (Å²) in [5.41, 5.74) is 7.50. The highest BCUT2D eigenvalue weighted by Crippen LogP contribution is 2.38. The average molecular weight is 372 g/mol. The molecule has 0 aromatic heterocycles. The normalized spacial score (nSPS) is 18.3. The smallest absolute Gasteiger partial charge is 0.260 e. The molecule has 0 spiro atoms. The maximum absolute atomic E-state index is 11.0. The first kappa shape index (κ1) is 16.3. The lowest BCUT2D eigenvalue weighted by Crippen LogP contribution is -2.42. The predicted molar refractivity (Wildman–Crippen MR) is 95.7 cm³/mol. The Bertz CT molecular complexity index is 911. The van der Waals surface area contributed by atoms with Crippen molar-refractivity contribution in [2.45, 2.75) is 6.17 Å². The van der Waals surface area contributed by atoms with Gasteiger partial charge in [0.1, 0.15) is 13.2 Å². The van der Waals surface area contributed by atoms with Crippen LogP contribution < -0.4 is 20.2 Å². The molecule has 0 bridgehead atoms. The van der Waals surface area contributed by atoms with E-state index in [0.717, 1.165) is 5.56 Å². The molecular weight excluding hydrogens is 358 g/mol. The number of hydrogen-bond acceptors (Lipinski definition) is 8. The zero-order valence-corrected chi connectivity index (χ0v) is 14.3. The molecule has 2 aromatic rings. The number of ether oxygens (including phenoxy) is 2. The maximum Gasteiger partial charge on any atom is 0.260 e. The van der Waals surface area contributed by atoms with Crippen LogP contribution in [-0.2, 0) is 4.79 Å². The zero-order valence-electron chi connectivity index (χ0n) is 13.5. The van der Waals surface area contributed by atoms with Crippen LogP contribution in [0.2, 0.25) is 5.02 Å². The molecule has 0 saturated heterocycles. The number of halogens is 1. The van der Waals surface area contributed by atoms with Crippen molar-refractivity contribution in [3.63, 3.8) is 0 Å². The Morgan fingerprint density at radius 3 is 2.62 bits per heavy atom. The van der Waals surface area contributed by atoms with Crippen LogP contribution in [0.5, 0.6) is 11.5 Å². The second-order valence-corrected chi connectivity index (χ2v) is 6.00. The van der Waals surface area contributed by atoms with Gasteiger partial charge in [-0.25, -0.2) is 14.8 Å². The molecule has 8 nitrogen and oxygen atoms in total. The third-order valence-corrected chi connectivity index (χ3v) is 4.23. The molecular formula is C17H14ClN5O3. The number of carbonyl (C=O) groups excluding carboxylic acids is 1. The summed E-state index contributed by atoms with van der Waals surface area (Å²) in [5.74, 6) is 1.46. The fraction of sp³-hybridized carbons (Fsp3) is 0.176. The average Bonchev–Trinajstić information content (AvgIpc) is 2.99. The summed E-state index contributed by atoms with van der Waals surface area (Å²) in [6, 6.07) is 12.4. The number of rotatable bonds is 3. The number of hydrazine groups is 1. The third kappa shape index (κ3) is 2.81. The monoisotopic (exact) mass is 371 g/mol. The first-order valence-electron chi connectivity index (χ1n) is 7.83. The van der Waals surface area contributed by atoms with E-state index in [2.05, 4.69) is 10.1 Å². The molecule has 4 rings (SSSR count). The van der Waals surface area contributed by atoms with Crippen molar-refractivity contribution in [3.8, 4) is 11.5 Å². The fourth-order valence-electron chi connectivity index (χ4n) is 2.85. The minimum atomic E-state index is -0.636. The van der Waals surface area contributed by atoms with Gasteiger partial charge in [0.2, 0.25) is 5.96 Å². The van der Waals surface area contributed by atoms with Crippen LogP contribution in [0, 0.1) is 0 Å². The molecule has 2 heterocycles. The maximum atomic E-state index is 11.0. The number of nitrogens with zero attached hydrogens (tertiary/aromatic N) is 4. The van der Waals surface area contributed by atoms with Gasteiger partial charge in [0, 0.05) is 10.6 Å². The van der Waals surface area contributed by atoms with E-state index in [-0.39, 0.29) is 5.96 Å². The summed E-state index contributed by atoms with van der Waals surface area (Å²) in [6.07, 6.45) is 0.916. The van der Waals surface area contributed by atoms with E-state index in [9.17, 15) is 4.79 Å². The van der Waals surface area contributed by atoms with Crippen LogP contribution in [0.25, 0.3) is 0 Å². The van der Waals surface area contributed by atoms with Gasteiger partial charge in [-0.05, 0) is 36.4 Å². The van der Waals surface area contributed by atoms with Gasteiger partial charge in [-0.15, -0.1) is 0 Å². The number of isocyanates is 1. The molecule has 2 aliphatic rings. The van der Waals surface area contributed by atoms with Gasteiger partial charge in [-0.3, -0.25) is 0 Å². The molecule has 0 radical (unpaired) electrons. The third-order valence-electron chi connectivity index (χ3n) is 3.97. The molecule has 0 fully saturated rings. The lowest BCUT2D eigenvalue weighted by Gasteiger charge is -2.29. The SMILES string of the molecule is NC1=NC(c2ccc3c(c2)OCCO3)N(N=C=O)N1c1ccc(Cl)cc1. The molecule has 2 aliphatic heterocycles. The van der Waals surface area contributed by atoms with Crippen molar-refractivity contribution in [1.29, 1.82) is 0 Å². The topological polar surface area (TPSA) is 92.7 Å². The van der Waals surface area contributed by atoms with Gasteiger partial charge in [-0.2, -0.15) is 5.12 Å². The summed E-state index contributed by atoms with van der Waals surface area (Å²) in [4.78, 5) is 15.4. The highest BCUT2D eigenvalue weighted by atomic mass is 35.5. The number of anilines is 1. The van der Waals surface area contributed by atoms with Gasteiger partial charge in [-0.1, -0.05) is 22.8 Å². The number of nitrogens with two attached hydrogens (primary N) is 1. The van der Waals surface area contributed by atoms with E-state index >= 15 is 0 Å². The summed E-state index contributed by atoms with van der Waals surface area (Å²) >= 11 is 5.94. The summed E-state index contributed by atoms with van der Waals surface area (Å²) in [5, 5.41) is 7.23. The van der Waals surface area contributed by atoms with Crippen molar-refractivity contribution in [2.24, 2.45) is 15.8 Å². The Hall–Kier alpha value is -3.22. The molecule has 0 amide bonds. The number of benzene rings is 2. The number of hydrazone groups is 1. The van der Waals surface area contributed by atoms with Crippen molar-refractivity contribution >= 4 is 29.3 Å². The zero-order chi connectivity index (χ0) is 18.1. The van der Waals surface area contributed by atoms with E-state index < -0.39 is 6.17 Å². The van der Waals surface area contributed by atoms with Gasteiger partial charge in [0.15, 0.2) is 17.7 Å². The standard InChI is InChI=1S/C17H14ClN5O3/c18-12-2-4-13(5-3-12)22-17(19)21-16(23(22)20-10-24)11-1-6-14-15(9-11)26-8-7-25-14/h1-6,9,16H,7-8H2,(H2,19,21). The van der Waals surface area contributed by atoms with E-state index in [1.54, 1.807) is 42.5 Å². The highest BCUT2D eigenvalue weighted by molar-refractivity contribution is 6.30. The van der Waals surface area contributed by atoms with E-state index in [1.807, 2.05) is 6.07 Å². The van der Waals surface area contributed by atoms with Crippen LogP contribution in [0.1, 0.15) is 11.7 Å². The summed E-state index contributed by atoms with van der Waals surface area (Å²) < 4.78 is 11.1. The lowest BCUT2D eigenvalue weighted by molar-refractivity contribution is 0.170. The van der Waals surface area contributed by atoms with Crippen molar-refractivity contribution in [1.82, 2.24) is 5.12 Å². The Balaban J connectivity index is 1.72. The number of fused-ring (bicyclic) bond motifs is 1. The second-order valence-electron chi connectivity index (χ2n) is 5.56. The van der Waals surface area contributed by atoms with Crippen molar-refractivity contribution in [2.75, 3.05) is 18.2 Å². The minimum absolute atomic E-state index is 0.186. The molecule has 0 saturated carbocycles.